The molecule has 11 heteroatoms. The molecule has 166 valence electrons. The first-order valence-electron chi connectivity index (χ1n) is 10.5. The largest absolute Gasteiger partial charge is 0.380 e. The molecule has 0 saturated carbocycles. The fraction of sp³-hybridized carbons (Fsp3) is 0.429. The van der Waals surface area contributed by atoms with Crippen molar-refractivity contribution >= 4 is 23.6 Å². The average molecular weight is 438 g/mol. The van der Waals surface area contributed by atoms with Crippen LogP contribution in [0.3, 0.4) is 0 Å². The van der Waals surface area contributed by atoms with Crippen LogP contribution in [0.25, 0.3) is 5.69 Å². The predicted molar refractivity (Wildman–Crippen MR) is 109 cm³/mol. The highest BCUT2D eigenvalue weighted by atomic mass is 16.5. The third kappa shape index (κ3) is 3.44. The molecule has 2 atom stereocenters. The highest BCUT2D eigenvalue weighted by Crippen LogP contribution is 2.29. The van der Waals surface area contributed by atoms with Crippen molar-refractivity contribution in [3.05, 3.63) is 41.2 Å². The molecule has 2 unspecified atom stereocenters. The van der Waals surface area contributed by atoms with Gasteiger partial charge in [-0.3, -0.25) is 24.5 Å². The smallest absolute Gasteiger partial charge is 0.276 e. The Bertz CT molecular complexity index is 1130. The van der Waals surface area contributed by atoms with E-state index in [0.717, 1.165) is 12.0 Å². The molecule has 0 spiro atoms. The van der Waals surface area contributed by atoms with E-state index in [0.29, 0.717) is 30.8 Å². The third-order valence-electron chi connectivity index (χ3n) is 6.25. The molecule has 0 bridgehead atoms. The molecule has 32 heavy (non-hydrogen) atoms. The monoisotopic (exact) mass is 438 g/mol. The number of rotatable bonds is 4. The molecule has 5 rings (SSSR count). The van der Waals surface area contributed by atoms with Gasteiger partial charge in [-0.2, -0.15) is 0 Å². The Labute approximate surface area is 183 Å². The summed E-state index contributed by atoms with van der Waals surface area (Å²) < 4.78 is 6.81. The molecule has 11 nitrogen and oxygen atoms in total. The number of nitrogens with zero attached hydrogens (tertiary/aromatic N) is 5. The van der Waals surface area contributed by atoms with Crippen LogP contribution in [0.15, 0.2) is 24.4 Å². The molecule has 2 aromatic rings. The Morgan fingerprint density at radius 3 is 2.81 bits per heavy atom. The van der Waals surface area contributed by atoms with E-state index in [9.17, 15) is 19.2 Å². The van der Waals surface area contributed by atoms with Gasteiger partial charge < -0.3 is 14.5 Å². The number of ether oxygens (including phenoxy) is 1. The van der Waals surface area contributed by atoms with Crippen molar-refractivity contribution in [2.45, 2.75) is 38.0 Å². The summed E-state index contributed by atoms with van der Waals surface area (Å²) in [6.45, 7) is 1.40. The number of hydrogen-bond donors (Lipinski definition) is 1. The zero-order valence-corrected chi connectivity index (χ0v) is 17.5. The van der Waals surface area contributed by atoms with Gasteiger partial charge in [-0.15, -0.1) is 5.10 Å². The van der Waals surface area contributed by atoms with Crippen LogP contribution in [-0.2, 0) is 20.9 Å². The van der Waals surface area contributed by atoms with E-state index in [1.54, 1.807) is 36.4 Å². The van der Waals surface area contributed by atoms with Gasteiger partial charge in [0.1, 0.15) is 6.04 Å². The Balaban J connectivity index is 1.33. The summed E-state index contributed by atoms with van der Waals surface area (Å²) in [6.07, 6.45) is 2.92. The topological polar surface area (TPSA) is 127 Å². The minimum Gasteiger partial charge on any atom is -0.380 e. The summed E-state index contributed by atoms with van der Waals surface area (Å²) in [4.78, 5) is 52.3. The van der Waals surface area contributed by atoms with Crippen molar-refractivity contribution in [2.24, 2.45) is 0 Å². The first-order chi connectivity index (χ1) is 15.4. The van der Waals surface area contributed by atoms with Gasteiger partial charge in [0.15, 0.2) is 5.69 Å². The van der Waals surface area contributed by atoms with E-state index in [1.165, 1.54) is 9.58 Å². The Hall–Kier alpha value is -3.60. The standard InChI is InChI=1S/C21H22N6O5/c1-32-14-6-7-25(10-14)21(31)16-11-27(24-23-16)13-2-3-15-12(8-13)9-26(20(15)30)17-4-5-18(28)22-19(17)29/h2-3,8,11,14,17H,4-7,9-10H2,1H3,(H,22,28,29). The Kier molecular flexibility index (Phi) is 4.97. The summed E-state index contributed by atoms with van der Waals surface area (Å²) in [5.41, 5.74) is 2.16. The summed E-state index contributed by atoms with van der Waals surface area (Å²) in [6, 6.07) is 4.55. The van der Waals surface area contributed by atoms with E-state index in [2.05, 4.69) is 15.6 Å². The quantitative estimate of drug-likeness (QED) is 0.660. The fourth-order valence-electron chi connectivity index (χ4n) is 4.46. The van der Waals surface area contributed by atoms with Crippen LogP contribution in [0.2, 0.25) is 0 Å². The van der Waals surface area contributed by atoms with Crippen molar-refractivity contribution in [3.63, 3.8) is 0 Å². The summed E-state index contributed by atoms with van der Waals surface area (Å²) >= 11 is 0. The zero-order valence-electron chi connectivity index (χ0n) is 17.5. The molecule has 4 heterocycles. The number of piperidine rings is 1. The van der Waals surface area contributed by atoms with Crippen molar-refractivity contribution < 1.29 is 23.9 Å². The number of nitrogens with one attached hydrogen (secondary N) is 1. The van der Waals surface area contributed by atoms with E-state index < -0.39 is 11.9 Å². The van der Waals surface area contributed by atoms with Crippen LogP contribution in [0.4, 0.5) is 0 Å². The number of fused-ring (bicyclic) bond motifs is 1. The number of carbonyl (C=O) groups excluding carboxylic acids is 4. The molecular formula is C21H22N6O5. The summed E-state index contributed by atoms with van der Waals surface area (Å²) in [5, 5.41) is 10.4. The Morgan fingerprint density at radius 2 is 2.06 bits per heavy atom. The van der Waals surface area contributed by atoms with Crippen LogP contribution < -0.4 is 5.32 Å². The molecule has 0 aliphatic carbocycles. The molecular weight excluding hydrogens is 416 g/mol. The number of amides is 4. The number of imide groups is 1. The lowest BCUT2D eigenvalue weighted by molar-refractivity contribution is -0.136. The van der Waals surface area contributed by atoms with Gasteiger partial charge >= 0.3 is 0 Å². The molecule has 1 aromatic heterocycles. The molecule has 4 amide bonds. The van der Waals surface area contributed by atoms with Gasteiger partial charge in [0.2, 0.25) is 11.8 Å². The van der Waals surface area contributed by atoms with Gasteiger partial charge in [0.05, 0.1) is 18.0 Å². The summed E-state index contributed by atoms with van der Waals surface area (Å²) in [5.74, 6) is -1.20. The van der Waals surface area contributed by atoms with Crippen LogP contribution in [0, 0.1) is 0 Å². The lowest BCUT2D eigenvalue weighted by atomic mass is 10.0. The minimum atomic E-state index is -0.664. The fourth-order valence-corrected chi connectivity index (χ4v) is 4.46. The van der Waals surface area contributed by atoms with Crippen molar-refractivity contribution in [2.75, 3.05) is 20.2 Å². The zero-order chi connectivity index (χ0) is 22.4. The van der Waals surface area contributed by atoms with Crippen molar-refractivity contribution in [1.29, 1.82) is 0 Å². The predicted octanol–water partition coefficient (Wildman–Crippen LogP) is -0.111. The summed E-state index contributed by atoms with van der Waals surface area (Å²) in [7, 11) is 1.63. The Morgan fingerprint density at radius 1 is 1.22 bits per heavy atom. The van der Waals surface area contributed by atoms with Gasteiger partial charge in [-0.1, -0.05) is 5.21 Å². The lowest BCUT2D eigenvalue weighted by Crippen LogP contribution is -2.52. The maximum absolute atomic E-state index is 12.8. The number of aromatic nitrogens is 3. The second kappa shape index (κ2) is 7.83. The first-order valence-corrected chi connectivity index (χ1v) is 10.5. The highest BCUT2D eigenvalue weighted by molar-refractivity contribution is 6.05. The van der Waals surface area contributed by atoms with E-state index in [-0.39, 0.29) is 42.5 Å². The van der Waals surface area contributed by atoms with E-state index in [4.69, 9.17) is 4.74 Å². The van der Waals surface area contributed by atoms with Crippen LogP contribution in [-0.4, -0.2) is 80.8 Å². The third-order valence-corrected chi connectivity index (χ3v) is 6.25. The maximum atomic E-state index is 12.8. The number of hydrogen-bond acceptors (Lipinski definition) is 7. The second-order valence-electron chi connectivity index (χ2n) is 8.19. The van der Waals surface area contributed by atoms with Gasteiger partial charge in [-0.05, 0) is 36.6 Å². The van der Waals surface area contributed by atoms with Gasteiger partial charge in [0, 0.05) is 38.7 Å². The molecule has 0 radical (unpaired) electrons. The van der Waals surface area contributed by atoms with Gasteiger partial charge in [-0.25, -0.2) is 4.68 Å². The molecule has 1 N–H and O–H groups in total. The molecule has 3 aliphatic rings. The molecule has 2 saturated heterocycles. The SMILES string of the molecule is COC1CCN(C(=O)c2cn(-c3ccc4c(c3)CN(C3CCC(=O)NC3=O)C4=O)nn2)C1. The maximum Gasteiger partial charge on any atom is 0.276 e. The molecule has 1 aromatic carbocycles. The molecule has 3 aliphatic heterocycles. The number of benzene rings is 1. The van der Waals surface area contributed by atoms with Gasteiger partial charge in [0.25, 0.3) is 11.8 Å². The highest BCUT2D eigenvalue weighted by Gasteiger charge is 2.39. The van der Waals surface area contributed by atoms with Crippen molar-refractivity contribution in [1.82, 2.24) is 30.1 Å². The normalized spacial score (nSPS) is 23.0. The van der Waals surface area contributed by atoms with E-state index >= 15 is 0 Å². The minimum absolute atomic E-state index is 0.0376. The number of methoxy groups -OCH3 is 1. The van der Waals surface area contributed by atoms with Crippen molar-refractivity contribution in [3.8, 4) is 5.69 Å². The number of carbonyl (C=O) groups is 4. The molecule has 2 fully saturated rings. The first kappa shape index (κ1) is 20.3. The van der Waals surface area contributed by atoms with E-state index in [1.807, 2.05) is 0 Å². The van der Waals surface area contributed by atoms with Crippen LogP contribution in [0.5, 0.6) is 0 Å². The number of likely N-dealkylation sites (tertiary alicyclic amines) is 1. The average Bonchev–Trinajstić information content (AvgIpc) is 3.52. The van der Waals surface area contributed by atoms with Crippen LogP contribution in [0.1, 0.15) is 45.7 Å². The second-order valence-corrected chi connectivity index (χ2v) is 8.19. The van der Waals surface area contributed by atoms with Crippen LogP contribution >= 0.6 is 0 Å². The lowest BCUT2D eigenvalue weighted by Gasteiger charge is -2.29.